The molecule has 2 atom stereocenters. The Kier molecular flexibility index (Phi) is 7.66. The number of aromatic nitrogens is 1. The zero-order valence-corrected chi connectivity index (χ0v) is 24.5. The summed E-state index contributed by atoms with van der Waals surface area (Å²) in [6, 6.07) is 13.4. The van der Waals surface area contributed by atoms with Crippen LogP contribution in [0.25, 0.3) is 10.4 Å². The molecule has 1 aromatic heterocycles. The van der Waals surface area contributed by atoms with Crippen LogP contribution in [0.15, 0.2) is 42.5 Å². The van der Waals surface area contributed by atoms with E-state index < -0.39 is 27.0 Å². The molecule has 0 bridgehead atoms. The first-order valence-electron chi connectivity index (χ1n) is 14.2. The molecule has 3 fully saturated rings. The SMILES string of the molecule is N#CC1(NC(=O)C2CCCC[C@H]2c2nc(Nc3ccc(F)cc3F)sc2-c2ccc(N3CCS(=O)(=O)CC3)cc2)CC1. The standard InChI is InChI=1S/C30H31F2N5O3S2/c31-20-7-10-25(24(32)17-20)34-29-35-26(22-3-1-2-4-23(22)28(38)36-30(18-33)11-12-30)27(41-29)19-5-8-21(9-6-19)37-13-15-42(39,40)16-14-37/h5-10,17,22-23H,1-4,11-16H2,(H,34,35)(H,36,38)/t22-,23?/m1/s1. The van der Waals surface area contributed by atoms with Crippen LogP contribution in [0.3, 0.4) is 0 Å². The van der Waals surface area contributed by atoms with Crippen molar-refractivity contribution in [2.75, 3.05) is 34.8 Å². The maximum atomic E-state index is 14.5. The molecule has 220 valence electrons. The van der Waals surface area contributed by atoms with Gasteiger partial charge < -0.3 is 15.5 Å². The summed E-state index contributed by atoms with van der Waals surface area (Å²) in [4.78, 5) is 21.2. The quantitative estimate of drug-likeness (QED) is 0.362. The summed E-state index contributed by atoms with van der Waals surface area (Å²) in [5.74, 6) is -1.83. The molecule has 12 heteroatoms. The van der Waals surface area contributed by atoms with E-state index in [0.29, 0.717) is 37.5 Å². The fourth-order valence-electron chi connectivity index (χ4n) is 5.83. The number of halogens is 2. The lowest BCUT2D eigenvalue weighted by Crippen LogP contribution is -2.42. The summed E-state index contributed by atoms with van der Waals surface area (Å²) in [5.41, 5.74) is 1.88. The van der Waals surface area contributed by atoms with E-state index in [-0.39, 0.29) is 34.9 Å². The van der Waals surface area contributed by atoms with Crippen LogP contribution in [0.2, 0.25) is 0 Å². The van der Waals surface area contributed by atoms with E-state index in [1.54, 1.807) is 0 Å². The summed E-state index contributed by atoms with van der Waals surface area (Å²) in [7, 11) is -3.00. The van der Waals surface area contributed by atoms with Gasteiger partial charge in [0.2, 0.25) is 5.91 Å². The number of carbonyl (C=O) groups excluding carboxylic acids is 1. The second-order valence-electron chi connectivity index (χ2n) is 11.3. The molecule has 2 saturated carbocycles. The van der Waals surface area contributed by atoms with E-state index in [1.165, 1.54) is 23.5 Å². The van der Waals surface area contributed by atoms with Crippen molar-refractivity contribution in [3.63, 3.8) is 0 Å². The predicted octanol–water partition coefficient (Wildman–Crippen LogP) is 5.51. The lowest BCUT2D eigenvalue weighted by molar-refractivity contribution is -0.127. The van der Waals surface area contributed by atoms with Crippen LogP contribution >= 0.6 is 11.3 Å². The minimum absolute atomic E-state index is 0.0984. The number of carbonyl (C=O) groups is 1. The normalized spacial score (nSPS) is 22.6. The van der Waals surface area contributed by atoms with Crippen LogP contribution in [0.5, 0.6) is 0 Å². The largest absolute Gasteiger partial charge is 0.369 e. The van der Waals surface area contributed by atoms with Crippen molar-refractivity contribution >= 4 is 43.6 Å². The Morgan fingerprint density at radius 1 is 1.07 bits per heavy atom. The Morgan fingerprint density at radius 2 is 1.79 bits per heavy atom. The summed E-state index contributed by atoms with van der Waals surface area (Å²) in [5, 5.41) is 15.9. The highest BCUT2D eigenvalue weighted by atomic mass is 32.2. The zero-order valence-electron chi connectivity index (χ0n) is 22.9. The smallest absolute Gasteiger partial charge is 0.225 e. The highest BCUT2D eigenvalue weighted by Crippen LogP contribution is 2.46. The molecule has 1 aliphatic heterocycles. The number of sulfone groups is 1. The van der Waals surface area contributed by atoms with Gasteiger partial charge in [-0.15, -0.1) is 0 Å². The van der Waals surface area contributed by atoms with Crippen LogP contribution in [-0.2, 0) is 14.6 Å². The number of amides is 1. The van der Waals surface area contributed by atoms with Crippen molar-refractivity contribution in [2.24, 2.45) is 5.92 Å². The lowest BCUT2D eigenvalue weighted by atomic mass is 9.76. The van der Waals surface area contributed by atoms with Gasteiger partial charge in [0.1, 0.15) is 17.2 Å². The van der Waals surface area contributed by atoms with Gasteiger partial charge in [-0.05, 0) is 55.5 Å². The van der Waals surface area contributed by atoms with Crippen LogP contribution in [-0.4, -0.2) is 49.4 Å². The molecule has 2 heterocycles. The predicted molar refractivity (Wildman–Crippen MR) is 158 cm³/mol. The first kappa shape index (κ1) is 28.6. The first-order valence-corrected chi connectivity index (χ1v) is 16.8. The van der Waals surface area contributed by atoms with Gasteiger partial charge in [-0.1, -0.05) is 36.3 Å². The summed E-state index contributed by atoms with van der Waals surface area (Å²) in [6.45, 7) is 0.877. The number of hydrogen-bond acceptors (Lipinski definition) is 8. The molecule has 2 aromatic carbocycles. The number of nitrogens with one attached hydrogen (secondary N) is 2. The molecule has 8 nitrogen and oxygen atoms in total. The number of nitriles is 1. The van der Waals surface area contributed by atoms with Gasteiger partial charge in [-0.25, -0.2) is 22.2 Å². The number of hydrogen-bond donors (Lipinski definition) is 2. The first-order chi connectivity index (χ1) is 20.2. The zero-order chi connectivity index (χ0) is 29.5. The number of nitrogens with zero attached hydrogens (tertiary/aromatic N) is 3. The van der Waals surface area contributed by atoms with Gasteiger partial charge in [0, 0.05) is 36.7 Å². The molecule has 42 heavy (non-hydrogen) atoms. The highest BCUT2D eigenvalue weighted by Gasteiger charge is 2.47. The molecular formula is C30H31F2N5O3S2. The van der Waals surface area contributed by atoms with E-state index in [2.05, 4.69) is 16.7 Å². The van der Waals surface area contributed by atoms with Gasteiger partial charge >= 0.3 is 0 Å². The summed E-state index contributed by atoms with van der Waals surface area (Å²) in [6.07, 6.45) is 4.57. The molecule has 0 spiro atoms. The Hall–Kier alpha value is -3.56. The molecule has 3 aromatic rings. The molecule has 3 aliphatic rings. The monoisotopic (exact) mass is 611 g/mol. The van der Waals surface area contributed by atoms with Crippen molar-refractivity contribution in [3.8, 4) is 16.5 Å². The molecule has 1 unspecified atom stereocenters. The maximum absolute atomic E-state index is 14.5. The van der Waals surface area contributed by atoms with Crippen molar-refractivity contribution in [2.45, 2.75) is 50.0 Å². The molecular weight excluding hydrogens is 580 g/mol. The number of rotatable bonds is 7. The van der Waals surface area contributed by atoms with Gasteiger partial charge in [0.05, 0.1) is 33.8 Å². The van der Waals surface area contributed by atoms with Crippen LogP contribution in [0.4, 0.5) is 25.3 Å². The average molecular weight is 612 g/mol. The van der Waals surface area contributed by atoms with E-state index in [0.717, 1.165) is 47.2 Å². The Bertz CT molecular complexity index is 1630. The second kappa shape index (κ2) is 11.3. The number of anilines is 3. The molecule has 0 radical (unpaired) electrons. The van der Waals surface area contributed by atoms with Gasteiger partial charge in [-0.2, -0.15) is 5.26 Å². The van der Waals surface area contributed by atoms with Crippen molar-refractivity contribution < 1.29 is 22.0 Å². The minimum atomic E-state index is -3.00. The van der Waals surface area contributed by atoms with E-state index in [9.17, 15) is 27.3 Å². The van der Waals surface area contributed by atoms with Crippen molar-refractivity contribution in [1.29, 1.82) is 5.26 Å². The number of benzene rings is 2. The van der Waals surface area contributed by atoms with E-state index in [4.69, 9.17) is 4.98 Å². The third-order valence-electron chi connectivity index (χ3n) is 8.45. The fourth-order valence-corrected chi connectivity index (χ4v) is 8.09. The maximum Gasteiger partial charge on any atom is 0.225 e. The Labute approximate surface area is 247 Å². The molecule has 1 amide bonds. The van der Waals surface area contributed by atoms with Gasteiger partial charge in [0.15, 0.2) is 15.0 Å². The van der Waals surface area contributed by atoms with E-state index in [1.807, 2.05) is 29.2 Å². The fraction of sp³-hybridized carbons (Fsp3) is 0.433. The Morgan fingerprint density at radius 3 is 2.45 bits per heavy atom. The minimum Gasteiger partial charge on any atom is -0.369 e. The topological polar surface area (TPSA) is 115 Å². The Balaban J connectivity index is 1.33. The molecule has 2 N–H and O–H groups in total. The lowest BCUT2D eigenvalue weighted by Gasteiger charge is -2.31. The molecule has 2 aliphatic carbocycles. The summed E-state index contributed by atoms with van der Waals surface area (Å²) < 4.78 is 51.8. The second-order valence-corrected chi connectivity index (χ2v) is 14.7. The third kappa shape index (κ3) is 5.99. The van der Waals surface area contributed by atoms with Gasteiger partial charge in [-0.3, -0.25) is 4.79 Å². The molecule has 1 saturated heterocycles. The van der Waals surface area contributed by atoms with Crippen LogP contribution in [0, 0.1) is 28.9 Å². The summed E-state index contributed by atoms with van der Waals surface area (Å²) >= 11 is 1.34. The van der Waals surface area contributed by atoms with Crippen molar-refractivity contribution in [1.82, 2.24) is 10.3 Å². The highest BCUT2D eigenvalue weighted by molar-refractivity contribution is 7.91. The van der Waals surface area contributed by atoms with Crippen molar-refractivity contribution in [3.05, 3.63) is 59.8 Å². The average Bonchev–Trinajstić information content (AvgIpc) is 3.63. The number of thiazole rings is 1. The molecule has 6 rings (SSSR count). The third-order valence-corrected chi connectivity index (χ3v) is 11.1. The van der Waals surface area contributed by atoms with Gasteiger partial charge in [0.25, 0.3) is 0 Å². The van der Waals surface area contributed by atoms with Crippen LogP contribution in [0.1, 0.15) is 50.1 Å². The van der Waals surface area contributed by atoms with E-state index >= 15 is 0 Å². The van der Waals surface area contributed by atoms with Crippen LogP contribution < -0.4 is 15.5 Å².